The molecule has 1 unspecified atom stereocenters. The fourth-order valence-corrected chi connectivity index (χ4v) is 2.33. The van der Waals surface area contributed by atoms with E-state index in [2.05, 4.69) is 11.8 Å². The van der Waals surface area contributed by atoms with Crippen LogP contribution in [-0.4, -0.2) is 48.3 Å². The van der Waals surface area contributed by atoms with Gasteiger partial charge in [0, 0.05) is 12.0 Å². The van der Waals surface area contributed by atoms with E-state index in [0.29, 0.717) is 0 Å². The van der Waals surface area contributed by atoms with Crippen LogP contribution in [0.1, 0.15) is 19.8 Å². The summed E-state index contributed by atoms with van der Waals surface area (Å²) in [7, 11) is 0. The van der Waals surface area contributed by atoms with Gasteiger partial charge in [0.15, 0.2) is 0 Å². The van der Waals surface area contributed by atoms with Crippen molar-refractivity contribution >= 4 is 5.97 Å². The number of nitrogens with zero attached hydrogens (tertiary/aromatic N) is 1. The standard InChI is InChI=1S/C10H17NO3/c1-10(6-14-7-10)5-11-4-2-3-8(11)9(12)13/h8H,2-7H2,1H3,(H,12,13). The summed E-state index contributed by atoms with van der Waals surface area (Å²) in [6, 6.07) is -0.257. The zero-order valence-corrected chi connectivity index (χ0v) is 8.53. The van der Waals surface area contributed by atoms with Gasteiger partial charge in [0.05, 0.1) is 13.2 Å². The van der Waals surface area contributed by atoms with E-state index in [1.807, 2.05) is 0 Å². The van der Waals surface area contributed by atoms with Crippen LogP contribution in [0.2, 0.25) is 0 Å². The predicted molar refractivity (Wildman–Crippen MR) is 51.2 cm³/mol. The molecule has 0 spiro atoms. The fourth-order valence-electron chi connectivity index (χ4n) is 2.33. The third-order valence-corrected chi connectivity index (χ3v) is 3.13. The zero-order valence-electron chi connectivity index (χ0n) is 8.53. The van der Waals surface area contributed by atoms with E-state index in [-0.39, 0.29) is 11.5 Å². The summed E-state index contributed by atoms with van der Waals surface area (Å²) < 4.78 is 5.17. The molecule has 0 saturated carbocycles. The van der Waals surface area contributed by atoms with Crippen molar-refractivity contribution in [2.24, 2.45) is 5.41 Å². The molecule has 80 valence electrons. The Balaban J connectivity index is 1.93. The largest absolute Gasteiger partial charge is 0.480 e. The van der Waals surface area contributed by atoms with Gasteiger partial charge in [0.25, 0.3) is 0 Å². The van der Waals surface area contributed by atoms with Gasteiger partial charge in [-0.15, -0.1) is 0 Å². The van der Waals surface area contributed by atoms with E-state index >= 15 is 0 Å². The Bertz CT molecular complexity index is 238. The summed E-state index contributed by atoms with van der Waals surface area (Å²) in [6.07, 6.45) is 1.81. The SMILES string of the molecule is CC1(CN2CCCC2C(=O)O)COC1. The molecule has 2 aliphatic heterocycles. The van der Waals surface area contributed by atoms with Gasteiger partial charge in [-0.25, -0.2) is 0 Å². The first-order valence-electron chi connectivity index (χ1n) is 5.15. The third kappa shape index (κ3) is 1.77. The van der Waals surface area contributed by atoms with Crippen molar-refractivity contribution in [3.05, 3.63) is 0 Å². The lowest BCUT2D eigenvalue weighted by Gasteiger charge is -2.41. The Morgan fingerprint density at radius 3 is 2.86 bits per heavy atom. The summed E-state index contributed by atoms with van der Waals surface area (Å²) in [5.74, 6) is -0.675. The molecule has 0 aromatic rings. The van der Waals surface area contributed by atoms with E-state index < -0.39 is 5.97 Å². The van der Waals surface area contributed by atoms with Crippen molar-refractivity contribution in [3.63, 3.8) is 0 Å². The van der Waals surface area contributed by atoms with Crippen molar-refractivity contribution in [1.82, 2.24) is 4.90 Å². The quantitative estimate of drug-likeness (QED) is 0.722. The number of aliphatic carboxylic acids is 1. The monoisotopic (exact) mass is 199 g/mol. The van der Waals surface area contributed by atoms with Gasteiger partial charge in [0.2, 0.25) is 0 Å². The Labute approximate surface area is 83.8 Å². The highest BCUT2D eigenvalue weighted by Crippen LogP contribution is 2.30. The number of hydrogen-bond acceptors (Lipinski definition) is 3. The topological polar surface area (TPSA) is 49.8 Å². The maximum absolute atomic E-state index is 10.9. The third-order valence-electron chi connectivity index (χ3n) is 3.13. The smallest absolute Gasteiger partial charge is 0.320 e. The van der Waals surface area contributed by atoms with E-state index in [9.17, 15) is 4.79 Å². The van der Waals surface area contributed by atoms with Crippen LogP contribution < -0.4 is 0 Å². The molecule has 0 amide bonds. The van der Waals surface area contributed by atoms with E-state index in [0.717, 1.165) is 39.1 Å². The van der Waals surface area contributed by atoms with Crippen molar-refractivity contribution < 1.29 is 14.6 Å². The minimum absolute atomic E-state index is 0.193. The highest BCUT2D eigenvalue weighted by molar-refractivity contribution is 5.73. The van der Waals surface area contributed by atoms with Gasteiger partial charge in [-0.1, -0.05) is 6.92 Å². The van der Waals surface area contributed by atoms with E-state index in [1.165, 1.54) is 0 Å². The second kappa shape index (κ2) is 3.51. The zero-order chi connectivity index (χ0) is 10.2. The summed E-state index contributed by atoms with van der Waals surface area (Å²) in [5, 5.41) is 9.00. The molecule has 0 bridgehead atoms. The molecule has 2 heterocycles. The molecule has 2 rings (SSSR count). The molecule has 14 heavy (non-hydrogen) atoms. The Hall–Kier alpha value is -0.610. The summed E-state index contributed by atoms with van der Waals surface area (Å²) in [5.41, 5.74) is 0.193. The molecular weight excluding hydrogens is 182 g/mol. The van der Waals surface area contributed by atoms with Gasteiger partial charge in [-0.05, 0) is 19.4 Å². The molecule has 0 radical (unpaired) electrons. The van der Waals surface area contributed by atoms with Gasteiger partial charge in [-0.2, -0.15) is 0 Å². The molecule has 2 aliphatic rings. The second-order valence-corrected chi connectivity index (χ2v) is 4.77. The molecule has 1 atom stereocenters. The van der Waals surface area contributed by atoms with Crippen molar-refractivity contribution in [1.29, 1.82) is 0 Å². The number of carboxylic acids is 1. The van der Waals surface area contributed by atoms with Crippen LogP contribution in [-0.2, 0) is 9.53 Å². The van der Waals surface area contributed by atoms with Crippen LogP contribution in [0, 0.1) is 5.41 Å². The minimum atomic E-state index is -0.675. The average Bonchev–Trinajstić information content (AvgIpc) is 2.49. The van der Waals surface area contributed by atoms with Gasteiger partial charge in [0.1, 0.15) is 6.04 Å². The molecule has 2 saturated heterocycles. The maximum atomic E-state index is 10.9. The lowest BCUT2D eigenvalue weighted by molar-refractivity contribution is -0.147. The first-order chi connectivity index (χ1) is 6.61. The first kappa shape index (κ1) is 9.93. The number of carbonyl (C=O) groups is 1. The lowest BCUT2D eigenvalue weighted by atomic mass is 9.88. The highest BCUT2D eigenvalue weighted by Gasteiger charge is 2.40. The number of likely N-dealkylation sites (tertiary alicyclic amines) is 1. The van der Waals surface area contributed by atoms with Crippen LogP contribution in [0.4, 0.5) is 0 Å². The fraction of sp³-hybridized carbons (Fsp3) is 0.900. The minimum Gasteiger partial charge on any atom is -0.480 e. The summed E-state index contributed by atoms with van der Waals surface area (Å²) in [4.78, 5) is 13.0. The summed E-state index contributed by atoms with van der Waals surface area (Å²) in [6.45, 7) is 5.50. The number of rotatable bonds is 3. The van der Waals surface area contributed by atoms with E-state index in [4.69, 9.17) is 9.84 Å². The van der Waals surface area contributed by atoms with Crippen LogP contribution in [0.25, 0.3) is 0 Å². The average molecular weight is 199 g/mol. The molecular formula is C10H17NO3. The van der Waals surface area contributed by atoms with Crippen LogP contribution in [0.5, 0.6) is 0 Å². The first-order valence-corrected chi connectivity index (χ1v) is 5.15. The van der Waals surface area contributed by atoms with Crippen molar-refractivity contribution in [2.75, 3.05) is 26.3 Å². The van der Waals surface area contributed by atoms with Crippen LogP contribution in [0.15, 0.2) is 0 Å². The van der Waals surface area contributed by atoms with Crippen molar-refractivity contribution in [3.8, 4) is 0 Å². The Morgan fingerprint density at radius 2 is 2.36 bits per heavy atom. The Kier molecular flexibility index (Phi) is 2.49. The normalized spacial score (nSPS) is 31.4. The second-order valence-electron chi connectivity index (χ2n) is 4.77. The van der Waals surface area contributed by atoms with Gasteiger partial charge in [-0.3, -0.25) is 9.69 Å². The molecule has 0 aliphatic carbocycles. The molecule has 1 N–H and O–H groups in total. The summed E-state index contributed by atoms with van der Waals surface area (Å²) >= 11 is 0. The molecule has 0 aromatic heterocycles. The maximum Gasteiger partial charge on any atom is 0.320 e. The van der Waals surface area contributed by atoms with E-state index in [1.54, 1.807) is 0 Å². The molecule has 0 aromatic carbocycles. The van der Waals surface area contributed by atoms with Crippen molar-refractivity contribution in [2.45, 2.75) is 25.8 Å². The van der Waals surface area contributed by atoms with Gasteiger partial charge < -0.3 is 9.84 Å². The Morgan fingerprint density at radius 1 is 1.64 bits per heavy atom. The number of ether oxygens (including phenoxy) is 1. The van der Waals surface area contributed by atoms with Crippen LogP contribution in [0.3, 0.4) is 0 Å². The molecule has 4 nitrogen and oxygen atoms in total. The number of hydrogen-bond donors (Lipinski definition) is 1. The van der Waals surface area contributed by atoms with Crippen LogP contribution >= 0.6 is 0 Å². The molecule has 4 heteroatoms. The van der Waals surface area contributed by atoms with Gasteiger partial charge >= 0.3 is 5.97 Å². The molecule has 2 fully saturated rings. The number of carboxylic acid groups (broad SMARTS) is 1. The predicted octanol–water partition coefficient (Wildman–Crippen LogP) is 0.572. The highest BCUT2D eigenvalue weighted by atomic mass is 16.5. The lowest BCUT2D eigenvalue weighted by Crippen LogP contribution is -2.51.